The van der Waals surface area contributed by atoms with Crippen molar-refractivity contribution >= 4 is 17.4 Å². The van der Waals surface area contributed by atoms with Crippen LogP contribution in [0.5, 0.6) is 0 Å². The Morgan fingerprint density at radius 3 is 2.48 bits per heavy atom. The van der Waals surface area contributed by atoms with Crippen LogP contribution in [0.1, 0.15) is 5.56 Å². The Bertz CT molecular complexity index is 1030. The topological polar surface area (TPSA) is 43.1 Å². The zero-order valence-electron chi connectivity index (χ0n) is 12.9. The molecule has 0 N–H and O–H groups in total. The molecule has 0 radical (unpaired) electrons. The molecule has 2 heterocycles. The Morgan fingerprint density at radius 1 is 0.880 bits per heavy atom. The van der Waals surface area contributed by atoms with Crippen molar-refractivity contribution in [2.24, 2.45) is 0 Å². The number of benzene rings is 2. The van der Waals surface area contributed by atoms with Crippen LogP contribution in [0.3, 0.4) is 0 Å². The van der Waals surface area contributed by atoms with Gasteiger partial charge in [0.2, 0.25) is 0 Å². The summed E-state index contributed by atoms with van der Waals surface area (Å²) in [6.45, 7) is 0. The highest BCUT2D eigenvalue weighted by Crippen LogP contribution is 2.24. The van der Waals surface area contributed by atoms with Crippen molar-refractivity contribution in [2.75, 3.05) is 0 Å². The first-order chi connectivity index (χ1) is 12.2. The second-order valence-corrected chi connectivity index (χ2v) is 6.35. The molecule has 0 atom stereocenters. The zero-order chi connectivity index (χ0) is 17.2. The number of halogens is 2. The van der Waals surface area contributed by atoms with Gasteiger partial charge in [-0.25, -0.2) is 8.78 Å². The summed E-state index contributed by atoms with van der Waals surface area (Å²) in [7, 11) is 0. The van der Waals surface area contributed by atoms with E-state index < -0.39 is 0 Å². The van der Waals surface area contributed by atoms with E-state index in [9.17, 15) is 8.78 Å². The maximum Gasteiger partial charge on any atom is 0.185 e. The maximum absolute atomic E-state index is 13.7. The molecule has 0 aliphatic heterocycles. The predicted molar refractivity (Wildman–Crippen MR) is 92.1 cm³/mol. The van der Waals surface area contributed by atoms with Crippen LogP contribution in [0.25, 0.3) is 17.0 Å². The van der Waals surface area contributed by atoms with E-state index in [0.717, 1.165) is 10.6 Å². The van der Waals surface area contributed by atoms with E-state index in [1.165, 1.54) is 30.0 Å². The summed E-state index contributed by atoms with van der Waals surface area (Å²) in [5.41, 5.74) is 1.93. The minimum absolute atomic E-state index is 0.229. The summed E-state index contributed by atoms with van der Waals surface area (Å²) in [6.07, 6.45) is 0. The second kappa shape index (κ2) is 6.60. The lowest BCUT2D eigenvalue weighted by Crippen LogP contribution is -1.97. The van der Waals surface area contributed by atoms with Gasteiger partial charge in [-0.05, 0) is 48.0 Å². The second-order valence-electron chi connectivity index (χ2n) is 5.35. The van der Waals surface area contributed by atoms with E-state index in [0.29, 0.717) is 22.8 Å². The van der Waals surface area contributed by atoms with Gasteiger partial charge >= 0.3 is 0 Å². The van der Waals surface area contributed by atoms with Gasteiger partial charge in [0.1, 0.15) is 16.7 Å². The zero-order valence-corrected chi connectivity index (χ0v) is 13.8. The highest BCUT2D eigenvalue weighted by Gasteiger charge is 2.11. The lowest BCUT2D eigenvalue weighted by Gasteiger charge is -2.04. The van der Waals surface area contributed by atoms with E-state index in [4.69, 9.17) is 0 Å². The van der Waals surface area contributed by atoms with Crippen LogP contribution in [0.4, 0.5) is 8.78 Å². The lowest BCUT2D eigenvalue weighted by atomic mass is 10.2. The molecule has 124 valence electrons. The number of thioether (sulfide) groups is 1. The number of fused-ring (bicyclic) bond motifs is 1. The van der Waals surface area contributed by atoms with Crippen molar-refractivity contribution in [1.29, 1.82) is 0 Å². The average Bonchev–Trinajstić information content (AvgIpc) is 3.05. The molecule has 25 heavy (non-hydrogen) atoms. The summed E-state index contributed by atoms with van der Waals surface area (Å²) in [6, 6.07) is 16.3. The fraction of sp³-hybridized carbons (Fsp3) is 0.0556. The summed E-state index contributed by atoms with van der Waals surface area (Å²) in [4.78, 5) is 0. The van der Waals surface area contributed by atoms with E-state index in [-0.39, 0.29) is 11.6 Å². The van der Waals surface area contributed by atoms with Crippen LogP contribution in [0.15, 0.2) is 65.7 Å². The summed E-state index contributed by atoms with van der Waals surface area (Å²) in [5.74, 6) is 0.460. The normalized spacial score (nSPS) is 11.1. The molecule has 4 aromatic rings. The number of hydrogen-bond acceptors (Lipinski definition) is 4. The Hall–Kier alpha value is -2.80. The van der Waals surface area contributed by atoms with Crippen molar-refractivity contribution in [3.05, 3.63) is 77.9 Å². The molecule has 2 aromatic carbocycles. The van der Waals surface area contributed by atoms with Crippen molar-refractivity contribution < 1.29 is 8.78 Å². The first kappa shape index (κ1) is 15.7. The van der Waals surface area contributed by atoms with Gasteiger partial charge < -0.3 is 0 Å². The van der Waals surface area contributed by atoms with E-state index in [1.54, 1.807) is 34.8 Å². The third-order valence-corrected chi connectivity index (χ3v) is 4.64. The van der Waals surface area contributed by atoms with E-state index in [1.807, 2.05) is 12.1 Å². The fourth-order valence-corrected chi connectivity index (χ4v) is 3.24. The molecule has 0 fully saturated rings. The van der Waals surface area contributed by atoms with Crippen molar-refractivity contribution in [2.45, 2.75) is 10.8 Å². The summed E-state index contributed by atoms with van der Waals surface area (Å²) >= 11 is 1.42. The quantitative estimate of drug-likeness (QED) is 0.511. The van der Waals surface area contributed by atoms with Crippen LogP contribution in [-0.2, 0) is 5.75 Å². The summed E-state index contributed by atoms with van der Waals surface area (Å²) < 4.78 is 28.4. The monoisotopic (exact) mass is 354 g/mol. The molecule has 0 spiro atoms. The van der Waals surface area contributed by atoms with Gasteiger partial charge in [-0.15, -0.1) is 10.2 Å². The number of nitrogens with zero attached hydrogens (tertiary/aromatic N) is 4. The molecule has 2 aromatic heterocycles. The molecule has 0 bridgehead atoms. The van der Waals surface area contributed by atoms with Gasteiger partial charge in [0.05, 0.1) is 0 Å². The first-order valence-electron chi connectivity index (χ1n) is 7.55. The smallest absolute Gasteiger partial charge is 0.185 e. The Kier molecular flexibility index (Phi) is 4.15. The molecular formula is C18H12F2N4S. The molecule has 4 rings (SSSR count). The molecule has 4 nitrogen and oxygen atoms in total. The molecule has 0 unspecified atom stereocenters. The van der Waals surface area contributed by atoms with Crippen molar-refractivity contribution in [3.63, 3.8) is 0 Å². The predicted octanol–water partition coefficient (Wildman–Crippen LogP) is 4.36. The first-order valence-corrected chi connectivity index (χ1v) is 8.54. The number of hydrogen-bond donors (Lipinski definition) is 0. The molecule has 7 heteroatoms. The molecule has 0 aliphatic rings. The Labute approximate surface area is 146 Å². The summed E-state index contributed by atoms with van der Waals surface area (Å²) in [5, 5.41) is 13.4. The molecule has 0 amide bonds. The highest BCUT2D eigenvalue weighted by atomic mass is 32.2. The number of aromatic nitrogens is 4. The van der Waals surface area contributed by atoms with Crippen molar-refractivity contribution in [3.8, 4) is 11.4 Å². The highest BCUT2D eigenvalue weighted by molar-refractivity contribution is 7.98. The largest absolute Gasteiger partial charge is 0.207 e. The SMILES string of the molecule is Fc1ccc(-c2nnc3ccc(SCc4ccccc4F)nn23)cc1. The van der Waals surface area contributed by atoms with Gasteiger partial charge in [-0.3, -0.25) is 0 Å². The van der Waals surface area contributed by atoms with Crippen molar-refractivity contribution in [1.82, 2.24) is 19.8 Å². The average molecular weight is 354 g/mol. The van der Waals surface area contributed by atoms with E-state index in [2.05, 4.69) is 15.3 Å². The van der Waals surface area contributed by atoms with Gasteiger partial charge in [0, 0.05) is 11.3 Å². The van der Waals surface area contributed by atoms with Gasteiger partial charge in [-0.2, -0.15) is 9.61 Å². The molecular weight excluding hydrogens is 342 g/mol. The maximum atomic E-state index is 13.7. The minimum atomic E-state index is -0.313. The third kappa shape index (κ3) is 3.23. The fourth-order valence-electron chi connectivity index (χ4n) is 2.40. The van der Waals surface area contributed by atoms with Crippen LogP contribution in [0.2, 0.25) is 0 Å². The van der Waals surface area contributed by atoms with Crippen LogP contribution in [0, 0.1) is 11.6 Å². The third-order valence-electron chi connectivity index (χ3n) is 3.67. The standard InChI is InChI=1S/C18H12F2N4S/c19-14-7-5-12(6-8-14)18-22-21-16-9-10-17(23-24(16)18)25-11-13-3-1-2-4-15(13)20/h1-10H,11H2. The van der Waals surface area contributed by atoms with Gasteiger partial charge in [0.25, 0.3) is 0 Å². The van der Waals surface area contributed by atoms with E-state index >= 15 is 0 Å². The van der Waals surface area contributed by atoms with Crippen LogP contribution >= 0.6 is 11.8 Å². The lowest BCUT2D eigenvalue weighted by molar-refractivity contribution is 0.617. The van der Waals surface area contributed by atoms with Gasteiger partial charge in [0.15, 0.2) is 11.5 Å². The number of rotatable bonds is 4. The van der Waals surface area contributed by atoms with Crippen LogP contribution < -0.4 is 0 Å². The molecule has 0 saturated heterocycles. The molecule has 0 aliphatic carbocycles. The molecule has 0 saturated carbocycles. The Balaban J connectivity index is 1.64. The minimum Gasteiger partial charge on any atom is -0.207 e. The van der Waals surface area contributed by atoms with Crippen LogP contribution in [-0.4, -0.2) is 19.8 Å². The van der Waals surface area contributed by atoms with Gasteiger partial charge in [-0.1, -0.05) is 30.0 Å². The Morgan fingerprint density at radius 2 is 1.68 bits per heavy atom.